The van der Waals surface area contributed by atoms with Crippen molar-refractivity contribution < 1.29 is 14.3 Å². The van der Waals surface area contributed by atoms with Crippen LogP contribution in [0.3, 0.4) is 0 Å². The molecule has 2 atom stereocenters. The van der Waals surface area contributed by atoms with Crippen molar-refractivity contribution in [3.8, 4) is 0 Å². The number of anilines is 1. The molecule has 0 spiro atoms. The van der Waals surface area contributed by atoms with Crippen molar-refractivity contribution in [3.63, 3.8) is 0 Å². The molecular weight excluding hydrogens is 271 g/mol. The third kappa shape index (κ3) is 2.48. The zero-order valence-electron chi connectivity index (χ0n) is 11.2. The number of rotatable bonds is 2. The van der Waals surface area contributed by atoms with Crippen LogP contribution in [0.2, 0.25) is 0 Å². The number of aliphatic hydroxyl groups is 1. The van der Waals surface area contributed by atoms with E-state index in [2.05, 4.69) is 5.32 Å². The molecule has 0 saturated carbocycles. The number of nitrogens with one attached hydrogen (secondary N) is 1. The number of benzene rings is 2. The van der Waals surface area contributed by atoms with E-state index in [1.54, 1.807) is 0 Å². The van der Waals surface area contributed by atoms with E-state index < -0.39 is 23.9 Å². The quantitative estimate of drug-likeness (QED) is 0.737. The third-order valence-corrected chi connectivity index (χ3v) is 3.75. The number of aliphatic hydroxyl groups excluding tert-OH is 1. The average Bonchev–Trinajstić information content (AvgIpc) is 2.78. The van der Waals surface area contributed by atoms with E-state index in [1.807, 2.05) is 24.3 Å². The SMILES string of the molecule is Nc1ccc(F)cc1C(=O)N[C@H]1c2ccccc2C[C@H]1O. The summed E-state index contributed by atoms with van der Waals surface area (Å²) in [6.45, 7) is 0. The Hall–Kier alpha value is -2.40. The number of fused-ring (bicyclic) bond motifs is 1. The largest absolute Gasteiger partial charge is 0.398 e. The van der Waals surface area contributed by atoms with E-state index in [0.717, 1.165) is 17.2 Å². The van der Waals surface area contributed by atoms with Gasteiger partial charge in [-0.25, -0.2) is 4.39 Å². The number of hydrogen-bond donors (Lipinski definition) is 3. The van der Waals surface area contributed by atoms with E-state index in [4.69, 9.17) is 5.73 Å². The molecule has 0 fully saturated rings. The fraction of sp³-hybridized carbons (Fsp3) is 0.188. The molecular formula is C16H15FN2O2. The zero-order valence-corrected chi connectivity index (χ0v) is 11.2. The van der Waals surface area contributed by atoms with Crippen LogP contribution < -0.4 is 11.1 Å². The second-order valence-electron chi connectivity index (χ2n) is 5.15. The Morgan fingerprint density at radius 3 is 2.86 bits per heavy atom. The molecule has 1 amide bonds. The molecule has 1 aliphatic carbocycles. The van der Waals surface area contributed by atoms with Crippen LogP contribution in [-0.2, 0) is 6.42 Å². The molecule has 2 aromatic carbocycles. The van der Waals surface area contributed by atoms with E-state index in [9.17, 15) is 14.3 Å². The lowest BCUT2D eigenvalue weighted by molar-refractivity contribution is 0.0858. The Balaban J connectivity index is 1.87. The van der Waals surface area contributed by atoms with Gasteiger partial charge in [0.25, 0.3) is 5.91 Å². The zero-order chi connectivity index (χ0) is 15.0. The Bertz CT molecular complexity index is 702. The number of nitrogens with two attached hydrogens (primary N) is 1. The lowest BCUT2D eigenvalue weighted by Gasteiger charge is -2.18. The minimum atomic E-state index is -0.693. The molecule has 0 aliphatic heterocycles. The smallest absolute Gasteiger partial charge is 0.254 e. The highest BCUT2D eigenvalue weighted by Gasteiger charge is 2.32. The fourth-order valence-electron chi connectivity index (χ4n) is 2.69. The summed E-state index contributed by atoms with van der Waals surface area (Å²) in [5.74, 6) is -1.02. The third-order valence-electron chi connectivity index (χ3n) is 3.75. The lowest BCUT2D eigenvalue weighted by Crippen LogP contribution is -2.34. The lowest BCUT2D eigenvalue weighted by atomic mass is 10.1. The van der Waals surface area contributed by atoms with Gasteiger partial charge in [0, 0.05) is 12.1 Å². The first-order valence-corrected chi connectivity index (χ1v) is 6.68. The summed E-state index contributed by atoms with van der Waals surface area (Å²) in [6, 6.07) is 10.7. The minimum absolute atomic E-state index is 0.0755. The maximum absolute atomic E-state index is 13.3. The second-order valence-corrected chi connectivity index (χ2v) is 5.15. The summed E-state index contributed by atoms with van der Waals surface area (Å²) >= 11 is 0. The molecule has 2 aromatic rings. The molecule has 0 saturated heterocycles. The second kappa shape index (κ2) is 5.18. The van der Waals surface area contributed by atoms with Crippen LogP contribution in [0.4, 0.5) is 10.1 Å². The van der Waals surface area contributed by atoms with Crippen molar-refractivity contribution in [3.05, 3.63) is 65.0 Å². The summed E-state index contributed by atoms with van der Waals surface area (Å²) in [7, 11) is 0. The molecule has 1 aliphatic rings. The number of hydrogen-bond acceptors (Lipinski definition) is 3. The fourth-order valence-corrected chi connectivity index (χ4v) is 2.69. The molecule has 0 aromatic heterocycles. The molecule has 21 heavy (non-hydrogen) atoms. The number of nitrogen functional groups attached to an aromatic ring is 1. The number of carbonyl (C=O) groups excluding carboxylic acids is 1. The molecule has 4 N–H and O–H groups in total. The van der Waals surface area contributed by atoms with E-state index in [1.165, 1.54) is 12.1 Å². The molecule has 108 valence electrons. The highest BCUT2D eigenvalue weighted by Crippen LogP contribution is 2.31. The molecule has 0 bridgehead atoms. The first-order chi connectivity index (χ1) is 10.1. The van der Waals surface area contributed by atoms with Crippen molar-refractivity contribution in [2.24, 2.45) is 0 Å². The van der Waals surface area contributed by atoms with Crippen molar-refractivity contribution in [2.75, 3.05) is 5.73 Å². The van der Waals surface area contributed by atoms with Crippen LogP contribution in [0.5, 0.6) is 0 Å². The van der Waals surface area contributed by atoms with Crippen LogP contribution >= 0.6 is 0 Å². The van der Waals surface area contributed by atoms with Gasteiger partial charge in [0.1, 0.15) is 5.82 Å². The topological polar surface area (TPSA) is 75.4 Å². The van der Waals surface area contributed by atoms with Crippen LogP contribution in [0.15, 0.2) is 42.5 Å². The maximum Gasteiger partial charge on any atom is 0.254 e. The van der Waals surface area contributed by atoms with Gasteiger partial charge < -0.3 is 16.2 Å². The van der Waals surface area contributed by atoms with Crippen LogP contribution in [-0.4, -0.2) is 17.1 Å². The summed E-state index contributed by atoms with van der Waals surface area (Å²) in [6.07, 6.45) is -0.208. The molecule has 4 nitrogen and oxygen atoms in total. The Morgan fingerprint density at radius 1 is 1.29 bits per heavy atom. The minimum Gasteiger partial charge on any atom is -0.398 e. The van der Waals surface area contributed by atoms with Crippen molar-refractivity contribution in [2.45, 2.75) is 18.6 Å². The number of amides is 1. The number of halogens is 1. The molecule has 5 heteroatoms. The van der Waals surface area contributed by atoms with Gasteiger partial charge in [-0.2, -0.15) is 0 Å². The van der Waals surface area contributed by atoms with E-state index in [0.29, 0.717) is 6.42 Å². The van der Waals surface area contributed by atoms with E-state index in [-0.39, 0.29) is 11.3 Å². The van der Waals surface area contributed by atoms with Crippen LogP contribution in [0.25, 0.3) is 0 Å². The van der Waals surface area contributed by atoms with Gasteiger partial charge in [0.05, 0.1) is 17.7 Å². The van der Waals surface area contributed by atoms with Gasteiger partial charge in [-0.3, -0.25) is 4.79 Å². The van der Waals surface area contributed by atoms with Crippen LogP contribution in [0.1, 0.15) is 27.5 Å². The van der Waals surface area contributed by atoms with Crippen molar-refractivity contribution >= 4 is 11.6 Å². The van der Waals surface area contributed by atoms with Gasteiger partial charge >= 0.3 is 0 Å². The van der Waals surface area contributed by atoms with E-state index >= 15 is 0 Å². The van der Waals surface area contributed by atoms with Crippen molar-refractivity contribution in [1.29, 1.82) is 0 Å². The molecule has 3 rings (SSSR count). The predicted molar refractivity (Wildman–Crippen MR) is 77.2 cm³/mol. The first kappa shape index (κ1) is 13.6. The average molecular weight is 286 g/mol. The normalized spacial score (nSPS) is 20.1. The Morgan fingerprint density at radius 2 is 2.05 bits per heavy atom. The van der Waals surface area contributed by atoms with Gasteiger partial charge in [-0.05, 0) is 29.3 Å². The summed E-state index contributed by atoms with van der Waals surface area (Å²) in [4.78, 5) is 12.3. The molecule has 0 heterocycles. The van der Waals surface area contributed by atoms with Gasteiger partial charge in [-0.15, -0.1) is 0 Å². The van der Waals surface area contributed by atoms with Gasteiger partial charge in [-0.1, -0.05) is 24.3 Å². The summed E-state index contributed by atoms with van der Waals surface area (Å²) in [5, 5.41) is 12.8. The summed E-state index contributed by atoms with van der Waals surface area (Å²) in [5.41, 5.74) is 7.87. The predicted octanol–water partition coefficient (Wildman–Crippen LogP) is 1.80. The first-order valence-electron chi connectivity index (χ1n) is 6.68. The molecule has 0 unspecified atom stereocenters. The van der Waals surface area contributed by atoms with Gasteiger partial charge in [0.2, 0.25) is 0 Å². The maximum atomic E-state index is 13.3. The highest BCUT2D eigenvalue weighted by molar-refractivity contribution is 5.99. The Labute approximate surface area is 121 Å². The monoisotopic (exact) mass is 286 g/mol. The highest BCUT2D eigenvalue weighted by atomic mass is 19.1. The summed E-state index contributed by atoms with van der Waals surface area (Å²) < 4.78 is 13.3. The number of carbonyl (C=O) groups is 1. The van der Waals surface area contributed by atoms with Crippen LogP contribution in [0, 0.1) is 5.82 Å². The van der Waals surface area contributed by atoms with Gasteiger partial charge in [0.15, 0.2) is 0 Å². The Kier molecular flexibility index (Phi) is 3.35. The molecule has 0 radical (unpaired) electrons. The standard InChI is InChI=1S/C16H15FN2O2/c17-10-5-6-13(18)12(8-10)16(21)19-15-11-4-2-1-3-9(11)7-14(15)20/h1-6,8,14-15,20H,7,18H2,(H,19,21)/t14-,15+/m1/s1. The van der Waals surface area contributed by atoms with Crippen molar-refractivity contribution in [1.82, 2.24) is 5.32 Å².